The molecule has 0 bridgehead atoms. The van der Waals surface area contributed by atoms with Crippen LogP contribution in [-0.4, -0.2) is 15.2 Å². The number of nitrogen functional groups attached to an aromatic ring is 1. The minimum atomic E-state index is -0.518. The van der Waals surface area contributed by atoms with Crippen molar-refractivity contribution in [3.8, 4) is 0 Å². The Labute approximate surface area is 118 Å². The molecule has 2 aromatic carbocycles. The Morgan fingerprint density at radius 1 is 1.14 bits per heavy atom. The number of nitro groups is 1. The van der Waals surface area contributed by atoms with Gasteiger partial charge in [-0.25, -0.2) is 4.63 Å². The van der Waals surface area contributed by atoms with E-state index in [4.69, 9.17) is 5.73 Å². The first-order chi connectivity index (χ1) is 10.1. The zero-order valence-electron chi connectivity index (χ0n) is 10.8. The Morgan fingerprint density at radius 3 is 2.57 bits per heavy atom. The van der Waals surface area contributed by atoms with Gasteiger partial charge in [-0.3, -0.25) is 10.1 Å². The number of nitrogens with two attached hydrogens (primary N) is 1. The molecule has 3 aromatic rings. The quantitative estimate of drug-likeness (QED) is 0.428. The predicted molar refractivity (Wildman–Crippen MR) is 76.6 cm³/mol. The standard InChI is InChI=1S/C13H11N5O3/c14-9-3-1-8(2-4-9)7-15-10-5-6-11(18(19)20)13-12(10)16-21-17-13/h1-6,15H,7,14H2. The highest BCUT2D eigenvalue weighted by atomic mass is 16.6. The van der Waals surface area contributed by atoms with Gasteiger partial charge < -0.3 is 11.1 Å². The van der Waals surface area contributed by atoms with Gasteiger partial charge >= 0.3 is 5.69 Å². The summed E-state index contributed by atoms with van der Waals surface area (Å²) in [5.41, 5.74) is 8.28. The zero-order valence-corrected chi connectivity index (χ0v) is 10.8. The van der Waals surface area contributed by atoms with Crippen LogP contribution in [0.1, 0.15) is 5.56 Å². The maximum atomic E-state index is 10.9. The number of aromatic nitrogens is 2. The van der Waals surface area contributed by atoms with Crippen LogP contribution in [0.5, 0.6) is 0 Å². The van der Waals surface area contributed by atoms with Gasteiger partial charge in [0.25, 0.3) is 0 Å². The summed E-state index contributed by atoms with van der Waals surface area (Å²) in [6.07, 6.45) is 0. The van der Waals surface area contributed by atoms with E-state index >= 15 is 0 Å². The Bertz CT molecular complexity index is 797. The number of non-ortho nitro benzene ring substituents is 1. The van der Waals surface area contributed by atoms with Crippen molar-refractivity contribution in [1.29, 1.82) is 0 Å². The topological polar surface area (TPSA) is 120 Å². The second-order valence-corrected chi connectivity index (χ2v) is 4.45. The lowest BCUT2D eigenvalue weighted by Crippen LogP contribution is -2.01. The van der Waals surface area contributed by atoms with Crippen LogP contribution in [0.25, 0.3) is 11.0 Å². The summed E-state index contributed by atoms with van der Waals surface area (Å²) in [6, 6.07) is 10.4. The van der Waals surface area contributed by atoms with E-state index in [1.807, 2.05) is 12.1 Å². The molecule has 0 unspecified atom stereocenters. The van der Waals surface area contributed by atoms with Gasteiger partial charge in [-0.05, 0) is 34.1 Å². The summed E-state index contributed by atoms with van der Waals surface area (Å²) in [7, 11) is 0. The molecule has 8 nitrogen and oxygen atoms in total. The Kier molecular flexibility index (Phi) is 3.11. The van der Waals surface area contributed by atoms with E-state index in [1.165, 1.54) is 6.07 Å². The monoisotopic (exact) mass is 285 g/mol. The molecule has 1 aromatic heterocycles. The van der Waals surface area contributed by atoms with Crippen molar-refractivity contribution in [3.63, 3.8) is 0 Å². The van der Waals surface area contributed by atoms with Crippen molar-refractivity contribution in [2.75, 3.05) is 11.1 Å². The van der Waals surface area contributed by atoms with E-state index in [-0.39, 0.29) is 11.2 Å². The molecule has 1 heterocycles. The van der Waals surface area contributed by atoms with Gasteiger partial charge in [0, 0.05) is 18.3 Å². The fourth-order valence-electron chi connectivity index (χ4n) is 1.98. The number of rotatable bonds is 4. The van der Waals surface area contributed by atoms with Gasteiger partial charge in [0.15, 0.2) is 5.52 Å². The third-order valence-corrected chi connectivity index (χ3v) is 3.05. The zero-order chi connectivity index (χ0) is 14.8. The van der Waals surface area contributed by atoms with Gasteiger partial charge in [-0.2, -0.15) is 0 Å². The summed E-state index contributed by atoms with van der Waals surface area (Å²) in [6.45, 7) is 0.528. The van der Waals surface area contributed by atoms with Crippen LogP contribution in [-0.2, 0) is 6.54 Å². The van der Waals surface area contributed by atoms with E-state index in [0.29, 0.717) is 23.4 Å². The number of nitro benzene ring substituents is 1. The fraction of sp³-hybridized carbons (Fsp3) is 0.0769. The van der Waals surface area contributed by atoms with Crippen LogP contribution in [0.4, 0.5) is 17.1 Å². The molecule has 21 heavy (non-hydrogen) atoms. The second kappa shape index (κ2) is 5.08. The number of hydrogen-bond donors (Lipinski definition) is 2. The first-order valence-electron chi connectivity index (χ1n) is 6.13. The molecule has 0 aliphatic carbocycles. The SMILES string of the molecule is Nc1ccc(CNc2ccc([N+](=O)[O-])c3nonc23)cc1. The summed E-state index contributed by atoms with van der Waals surface area (Å²) >= 11 is 0. The highest BCUT2D eigenvalue weighted by molar-refractivity contribution is 5.93. The highest BCUT2D eigenvalue weighted by Crippen LogP contribution is 2.28. The maximum absolute atomic E-state index is 10.9. The lowest BCUT2D eigenvalue weighted by Gasteiger charge is -2.06. The number of anilines is 2. The summed E-state index contributed by atoms with van der Waals surface area (Å²) in [5, 5.41) is 21.3. The van der Waals surface area contributed by atoms with Gasteiger partial charge in [0.2, 0.25) is 5.52 Å². The first-order valence-corrected chi connectivity index (χ1v) is 6.13. The lowest BCUT2D eigenvalue weighted by molar-refractivity contribution is -0.383. The summed E-state index contributed by atoms with van der Waals surface area (Å²) in [4.78, 5) is 10.4. The van der Waals surface area contributed by atoms with Crippen LogP contribution in [0.2, 0.25) is 0 Å². The molecule has 0 radical (unpaired) electrons. The number of nitrogens with zero attached hydrogens (tertiary/aromatic N) is 3. The molecule has 106 valence electrons. The van der Waals surface area contributed by atoms with Crippen molar-refractivity contribution < 1.29 is 9.55 Å². The van der Waals surface area contributed by atoms with E-state index < -0.39 is 4.92 Å². The van der Waals surface area contributed by atoms with Crippen LogP contribution >= 0.6 is 0 Å². The molecule has 8 heteroatoms. The Morgan fingerprint density at radius 2 is 1.86 bits per heavy atom. The second-order valence-electron chi connectivity index (χ2n) is 4.45. The molecule has 0 saturated heterocycles. The normalized spacial score (nSPS) is 10.7. The molecule has 0 spiro atoms. The first kappa shape index (κ1) is 12.9. The molecule has 3 rings (SSSR count). The third-order valence-electron chi connectivity index (χ3n) is 3.05. The van der Waals surface area contributed by atoms with E-state index in [2.05, 4.69) is 20.3 Å². The molecule has 0 aliphatic heterocycles. The van der Waals surface area contributed by atoms with Crippen LogP contribution < -0.4 is 11.1 Å². The molecule has 3 N–H and O–H groups in total. The molecule has 0 saturated carbocycles. The molecule has 0 amide bonds. The van der Waals surface area contributed by atoms with Crippen molar-refractivity contribution in [2.45, 2.75) is 6.54 Å². The van der Waals surface area contributed by atoms with Crippen LogP contribution in [0, 0.1) is 10.1 Å². The lowest BCUT2D eigenvalue weighted by atomic mass is 10.2. The van der Waals surface area contributed by atoms with E-state index in [1.54, 1.807) is 18.2 Å². The fourth-order valence-corrected chi connectivity index (χ4v) is 1.98. The minimum Gasteiger partial charge on any atom is -0.399 e. The Hall–Kier alpha value is -3.16. The highest BCUT2D eigenvalue weighted by Gasteiger charge is 2.19. The van der Waals surface area contributed by atoms with E-state index in [9.17, 15) is 10.1 Å². The van der Waals surface area contributed by atoms with Crippen molar-refractivity contribution in [3.05, 3.63) is 52.1 Å². The van der Waals surface area contributed by atoms with Crippen LogP contribution in [0.15, 0.2) is 41.0 Å². The number of hydrogen-bond acceptors (Lipinski definition) is 7. The maximum Gasteiger partial charge on any atom is 0.300 e. The third kappa shape index (κ3) is 2.46. The van der Waals surface area contributed by atoms with Gasteiger partial charge in [0.05, 0.1) is 10.6 Å². The molecular weight excluding hydrogens is 274 g/mol. The van der Waals surface area contributed by atoms with Gasteiger partial charge in [-0.1, -0.05) is 12.1 Å². The average molecular weight is 285 g/mol. The van der Waals surface area contributed by atoms with Crippen molar-refractivity contribution in [2.24, 2.45) is 0 Å². The molecule has 0 fully saturated rings. The molecule has 0 aliphatic rings. The smallest absolute Gasteiger partial charge is 0.300 e. The number of nitrogens with one attached hydrogen (secondary N) is 1. The van der Waals surface area contributed by atoms with Crippen molar-refractivity contribution in [1.82, 2.24) is 10.3 Å². The Balaban J connectivity index is 1.88. The van der Waals surface area contributed by atoms with Crippen LogP contribution in [0.3, 0.4) is 0 Å². The predicted octanol–water partition coefficient (Wildman–Crippen LogP) is 2.33. The molecule has 0 atom stereocenters. The summed E-state index contributed by atoms with van der Waals surface area (Å²) in [5.74, 6) is 0. The average Bonchev–Trinajstić information content (AvgIpc) is 2.95. The number of benzene rings is 2. The number of fused-ring (bicyclic) bond motifs is 1. The minimum absolute atomic E-state index is 0.127. The summed E-state index contributed by atoms with van der Waals surface area (Å²) < 4.78 is 4.60. The van der Waals surface area contributed by atoms with Crippen molar-refractivity contribution >= 4 is 28.1 Å². The van der Waals surface area contributed by atoms with E-state index in [0.717, 1.165) is 5.56 Å². The van der Waals surface area contributed by atoms with Gasteiger partial charge in [0.1, 0.15) is 0 Å². The largest absolute Gasteiger partial charge is 0.399 e. The van der Waals surface area contributed by atoms with Gasteiger partial charge in [-0.15, -0.1) is 0 Å². The molecular formula is C13H11N5O3.